The average Bonchev–Trinajstić information content (AvgIpc) is 2.03. The maximum atomic E-state index is 11.2. The summed E-state index contributed by atoms with van der Waals surface area (Å²) in [5.41, 5.74) is 0. The van der Waals surface area contributed by atoms with E-state index in [4.69, 9.17) is 5.11 Å². The van der Waals surface area contributed by atoms with Gasteiger partial charge in [-0.1, -0.05) is 19.1 Å². The van der Waals surface area contributed by atoms with Crippen LogP contribution in [0.3, 0.4) is 0 Å². The molecule has 0 aliphatic carbocycles. The summed E-state index contributed by atoms with van der Waals surface area (Å²) in [7, 11) is 1.48. The maximum Gasteiger partial charge on any atom is 0.323 e. The van der Waals surface area contributed by atoms with Crippen molar-refractivity contribution in [2.75, 3.05) is 13.6 Å². The van der Waals surface area contributed by atoms with E-state index in [9.17, 15) is 9.59 Å². The molecule has 0 aromatic carbocycles. The minimum absolute atomic E-state index is 0.174. The molecule has 0 saturated heterocycles. The largest absolute Gasteiger partial charge is 0.480 e. The fourth-order valence-electron chi connectivity index (χ4n) is 0.798. The van der Waals surface area contributed by atoms with E-state index in [0.29, 0.717) is 0 Å². The number of carboxylic acid groups (broad SMARTS) is 1. The van der Waals surface area contributed by atoms with Gasteiger partial charge in [-0.05, 0) is 6.42 Å². The van der Waals surface area contributed by atoms with Crippen molar-refractivity contribution in [1.82, 2.24) is 4.90 Å². The number of amides is 1. The summed E-state index contributed by atoms with van der Waals surface area (Å²) in [6, 6.07) is 0. The maximum absolute atomic E-state index is 11.2. The number of hydrogen-bond acceptors (Lipinski definition) is 2. The fraction of sp³-hybridized carbons (Fsp3) is 0.556. The summed E-state index contributed by atoms with van der Waals surface area (Å²) >= 11 is 0. The van der Waals surface area contributed by atoms with Crippen LogP contribution in [-0.4, -0.2) is 35.5 Å². The predicted octanol–water partition coefficient (Wildman–Crippen LogP) is 0.886. The Kier molecular flexibility index (Phi) is 5.59. The Morgan fingerprint density at radius 3 is 2.46 bits per heavy atom. The van der Waals surface area contributed by atoms with Crippen molar-refractivity contribution >= 4 is 11.9 Å². The number of nitrogens with zero attached hydrogens (tertiary/aromatic N) is 1. The van der Waals surface area contributed by atoms with Crippen molar-refractivity contribution in [3.05, 3.63) is 12.2 Å². The van der Waals surface area contributed by atoms with Crippen LogP contribution >= 0.6 is 0 Å². The van der Waals surface area contributed by atoms with Crippen molar-refractivity contribution in [1.29, 1.82) is 0 Å². The summed E-state index contributed by atoms with van der Waals surface area (Å²) in [6.45, 7) is 1.74. The Bertz CT molecular complexity index is 211. The topological polar surface area (TPSA) is 57.6 Å². The number of carbonyl (C=O) groups is 2. The van der Waals surface area contributed by atoms with E-state index in [1.54, 1.807) is 6.08 Å². The van der Waals surface area contributed by atoms with Crippen LogP contribution in [0.4, 0.5) is 0 Å². The molecule has 0 aliphatic rings. The third-order valence-corrected chi connectivity index (χ3v) is 1.49. The molecule has 0 radical (unpaired) electrons. The molecule has 0 rings (SSSR count). The summed E-state index contributed by atoms with van der Waals surface area (Å²) < 4.78 is 0. The minimum atomic E-state index is -0.990. The van der Waals surface area contributed by atoms with Crippen molar-refractivity contribution in [3.8, 4) is 0 Å². The van der Waals surface area contributed by atoms with Gasteiger partial charge in [0.05, 0.1) is 0 Å². The number of carboxylic acids is 1. The molecular weight excluding hydrogens is 170 g/mol. The van der Waals surface area contributed by atoms with Crippen molar-refractivity contribution in [3.63, 3.8) is 0 Å². The van der Waals surface area contributed by atoms with Gasteiger partial charge in [0.15, 0.2) is 0 Å². The molecule has 0 unspecified atom stereocenters. The van der Waals surface area contributed by atoms with Crippen LogP contribution in [0.1, 0.15) is 19.8 Å². The van der Waals surface area contributed by atoms with Gasteiger partial charge in [0.25, 0.3) is 0 Å². The highest BCUT2D eigenvalue weighted by Gasteiger charge is 2.09. The standard InChI is InChI=1S/C9H15NO3/c1-3-4-5-6-8(11)10(2)7-9(12)13/h4-5H,3,6-7H2,1-2H3,(H,12,13)/b5-4+. The SMILES string of the molecule is CC/C=C/CC(=O)N(C)CC(=O)O. The summed E-state index contributed by atoms with van der Waals surface area (Å²) in [5.74, 6) is -1.16. The van der Waals surface area contributed by atoms with E-state index in [1.165, 1.54) is 11.9 Å². The molecule has 0 aromatic rings. The van der Waals surface area contributed by atoms with Gasteiger partial charge in [-0.2, -0.15) is 0 Å². The van der Waals surface area contributed by atoms with Crippen LogP contribution in [0.25, 0.3) is 0 Å². The number of rotatable bonds is 5. The molecule has 0 heterocycles. The molecule has 0 spiro atoms. The summed E-state index contributed by atoms with van der Waals surface area (Å²) in [4.78, 5) is 22.6. The van der Waals surface area contributed by atoms with Gasteiger partial charge in [-0.15, -0.1) is 0 Å². The molecule has 4 heteroatoms. The Morgan fingerprint density at radius 1 is 1.38 bits per heavy atom. The van der Waals surface area contributed by atoms with Crippen LogP contribution in [-0.2, 0) is 9.59 Å². The second-order valence-electron chi connectivity index (χ2n) is 2.73. The highest BCUT2D eigenvalue weighted by atomic mass is 16.4. The number of aliphatic carboxylic acids is 1. The predicted molar refractivity (Wildman–Crippen MR) is 49.3 cm³/mol. The van der Waals surface area contributed by atoms with Gasteiger partial charge in [0, 0.05) is 13.5 Å². The van der Waals surface area contributed by atoms with Gasteiger partial charge in [-0.25, -0.2) is 0 Å². The molecule has 0 atom stereocenters. The molecule has 1 amide bonds. The first kappa shape index (κ1) is 11.7. The first-order valence-corrected chi connectivity index (χ1v) is 4.18. The molecule has 13 heavy (non-hydrogen) atoms. The third-order valence-electron chi connectivity index (χ3n) is 1.49. The monoisotopic (exact) mass is 185 g/mol. The molecule has 0 fully saturated rings. The number of carbonyl (C=O) groups excluding carboxylic acids is 1. The molecule has 74 valence electrons. The zero-order chi connectivity index (χ0) is 10.3. The van der Waals surface area contributed by atoms with Crippen molar-refractivity contribution < 1.29 is 14.7 Å². The van der Waals surface area contributed by atoms with E-state index in [2.05, 4.69) is 0 Å². The Labute approximate surface area is 77.8 Å². The minimum Gasteiger partial charge on any atom is -0.480 e. The first-order chi connectivity index (χ1) is 6.07. The Balaban J connectivity index is 3.82. The molecule has 0 aromatic heterocycles. The zero-order valence-electron chi connectivity index (χ0n) is 7.99. The molecular formula is C9H15NO3. The van der Waals surface area contributed by atoms with E-state index in [-0.39, 0.29) is 18.9 Å². The van der Waals surface area contributed by atoms with E-state index >= 15 is 0 Å². The molecule has 1 N–H and O–H groups in total. The zero-order valence-corrected chi connectivity index (χ0v) is 7.99. The lowest BCUT2D eigenvalue weighted by Crippen LogP contribution is -2.31. The average molecular weight is 185 g/mol. The number of allylic oxidation sites excluding steroid dienone is 1. The first-order valence-electron chi connectivity index (χ1n) is 4.18. The molecule has 0 saturated carbocycles. The lowest BCUT2D eigenvalue weighted by Gasteiger charge is -2.12. The van der Waals surface area contributed by atoms with Crippen molar-refractivity contribution in [2.45, 2.75) is 19.8 Å². The van der Waals surface area contributed by atoms with Gasteiger partial charge in [0.2, 0.25) is 5.91 Å². The fourth-order valence-corrected chi connectivity index (χ4v) is 0.798. The van der Waals surface area contributed by atoms with Crippen molar-refractivity contribution in [2.24, 2.45) is 0 Å². The lowest BCUT2D eigenvalue weighted by molar-refractivity contribution is -0.143. The molecule has 0 bridgehead atoms. The van der Waals surface area contributed by atoms with Crippen LogP contribution in [0, 0.1) is 0 Å². The van der Waals surface area contributed by atoms with Crippen LogP contribution in [0.2, 0.25) is 0 Å². The Hall–Kier alpha value is -1.32. The smallest absolute Gasteiger partial charge is 0.323 e. The summed E-state index contributed by atoms with van der Waals surface area (Å²) in [5, 5.41) is 8.39. The highest BCUT2D eigenvalue weighted by Crippen LogP contribution is 1.93. The lowest BCUT2D eigenvalue weighted by atomic mass is 10.3. The van der Waals surface area contributed by atoms with E-state index in [1.807, 2.05) is 13.0 Å². The third kappa shape index (κ3) is 5.90. The van der Waals surface area contributed by atoms with E-state index < -0.39 is 5.97 Å². The number of likely N-dealkylation sites (N-methyl/N-ethyl adjacent to an activating group) is 1. The Morgan fingerprint density at radius 2 is 2.00 bits per heavy atom. The normalized spacial score (nSPS) is 10.3. The second-order valence-corrected chi connectivity index (χ2v) is 2.73. The summed E-state index contributed by atoms with van der Waals surface area (Å²) in [6.07, 6.45) is 4.79. The van der Waals surface area contributed by atoms with Gasteiger partial charge in [0.1, 0.15) is 6.54 Å². The number of hydrogen-bond donors (Lipinski definition) is 1. The molecule has 4 nitrogen and oxygen atoms in total. The van der Waals surface area contributed by atoms with Gasteiger partial charge in [-0.3, -0.25) is 9.59 Å². The van der Waals surface area contributed by atoms with Crippen LogP contribution < -0.4 is 0 Å². The van der Waals surface area contributed by atoms with Gasteiger partial charge < -0.3 is 10.0 Å². The quantitative estimate of drug-likeness (QED) is 0.647. The van der Waals surface area contributed by atoms with E-state index in [0.717, 1.165) is 6.42 Å². The van der Waals surface area contributed by atoms with Gasteiger partial charge >= 0.3 is 5.97 Å². The van der Waals surface area contributed by atoms with Crippen LogP contribution in [0.15, 0.2) is 12.2 Å². The second kappa shape index (κ2) is 6.22. The molecule has 0 aliphatic heterocycles. The highest BCUT2D eigenvalue weighted by molar-refractivity contribution is 5.81. The van der Waals surface area contributed by atoms with Crippen LogP contribution in [0.5, 0.6) is 0 Å².